The molecule has 5 nitrogen and oxygen atoms in total. The Kier molecular flexibility index (Phi) is 3.59. The number of hydrogen-bond acceptors (Lipinski definition) is 4. The zero-order valence-electron chi connectivity index (χ0n) is 9.93. The zero-order valence-corrected chi connectivity index (χ0v) is 10.7. The number of hydrogen-bond donors (Lipinski definition) is 0. The van der Waals surface area contributed by atoms with Crippen molar-refractivity contribution in [1.29, 1.82) is 0 Å². The molecular formula is C11H15ClN4O. The van der Waals surface area contributed by atoms with E-state index in [1.807, 2.05) is 19.0 Å². The van der Waals surface area contributed by atoms with E-state index in [9.17, 15) is 4.79 Å². The van der Waals surface area contributed by atoms with Gasteiger partial charge in [0.15, 0.2) is 10.8 Å². The van der Waals surface area contributed by atoms with E-state index < -0.39 is 0 Å². The topological polar surface area (TPSA) is 49.3 Å². The molecule has 1 unspecified atom stereocenters. The summed E-state index contributed by atoms with van der Waals surface area (Å²) < 4.78 is 0. The van der Waals surface area contributed by atoms with Crippen LogP contribution in [0.25, 0.3) is 0 Å². The van der Waals surface area contributed by atoms with Gasteiger partial charge in [0, 0.05) is 19.1 Å². The molecule has 6 heteroatoms. The Balaban J connectivity index is 2.04. The smallest absolute Gasteiger partial charge is 0.274 e. The molecule has 0 aromatic carbocycles. The number of halogens is 1. The molecule has 1 amide bonds. The van der Waals surface area contributed by atoms with Crippen molar-refractivity contribution < 1.29 is 4.79 Å². The molecule has 17 heavy (non-hydrogen) atoms. The monoisotopic (exact) mass is 254 g/mol. The molecule has 1 aromatic rings. The van der Waals surface area contributed by atoms with Crippen molar-refractivity contribution in [3.63, 3.8) is 0 Å². The minimum absolute atomic E-state index is 0.0708. The van der Waals surface area contributed by atoms with Crippen molar-refractivity contribution in [1.82, 2.24) is 20.0 Å². The molecule has 1 fully saturated rings. The number of likely N-dealkylation sites (tertiary alicyclic amines) is 1. The summed E-state index contributed by atoms with van der Waals surface area (Å²) in [5.41, 5.74) is 0.355. The maximum atomic E-state index is 12.1. The highest BCUT2D eigenvalue weighted by molar-refractivity contribution is 6.29. The van der Waals surface area contributed by atoms with Gasteiger partial charge in [-0.3, -0.25) is 4.79 Å². The number of rotatable bonds is 2. The second-order valence-corrected chi connectivity index (χ2v) is 4.79. The van der Waals surface area contributed by atoms with Crippen LogP contribution >= 0.6 is 11.6 Å². The molecule has 1 atom stereocenters. The number of carbonyl (C=O) groups excluding carboxylic acids is 1. The van der Waals surface area contributed by atoms with E-state index >= 15 is 0 Å². The largest absolute Gasteiger partial charge is 0.336 e. The number of aromatic nitrogens is 2. The molecule has 0 aliphatic carbocycles. The van der Waals surface area contributed by atoms with Gasteiger partial charge < -0.3 is 9.80 Å². The van der Waals surface area contributed by atoms with Gasteiger partial charge in [-0.2, -0.15) is 0 Å². The van der Waals surface area contributed by atoms with Crippen LogP contribution < -0.4 is 0 Å². The van der Waals surface area contributed by atoms with Gasteiger partial charge in [0.05, 0.1) is 0 Å². The molecule has 0 bridgehead atoms. The summed E-state index contributed by atoms with van der Waals surface area (Å²) in [6, 6.07) is 3.63. The first-order valence-corrected chi connectivity index (χ1v) is 5.90. The molecule has 2 heterocycles. The third-order valence-electron chi connectivity index (χ3n) is 3.03. The average molecular weight is 255 g/mol. The maximum absolute atomic E-state index is 12.1. The lowest BCUT2D eigenvalue weighted by molar-refractivity contribution is 0.0776. The first kappa shape index (κ1) is 12.3. The molecule has 0 saturated carbocycles. The Morgan fingerprint density at radius 3 is 2.76 bits per heavy atom. The standard InChI is InChI=1S/C11H15ClN4O/c1-15(2)8-5-6-16(7-8)11(17)9-3-4-10(12)14-13-9/h3-4,8H,5-7H2,1-2H3. The Morgan fingerprint density at radius 1 is 1.47 bits per heavy atom. The molecule has 0 radical (unpaired) electrons. The molecular weight excluding hydrogens is 240 g/mol. The minimum atomic E-state index is -0.0708. The van der Waals surface area contributed by atoms with Crippen molar-refractivity contribution in [2.24, 2.45) is 0 Å². The predicted molar refractivity (Wildman–Crippen MR) is 65.0 cm³/mol. The molecule has 0 spiro atoms. The molecule has 92 valence electrons. The number of carbonyl (C=O) groups is 1. The summed E-state index contributed by atoms with van der Waals surface area (Å²) in [5.74, 6) is -0.0708. The highest BCUT2D eigenvalue weighted by Gasteiger charge is 2.28. The summed E-state index contributed by atoms with van der Waals surface area (Å²) in [4.78, 5) is 16.0. The third-order valence-corrected chi connectivity index (χ3v) is 3.23. The van der Waals surface area contributed by atoms with Gasteiger partial charge in [-0.15, -0.1) is 10.2 Å². The van der Waals surface area contributed by atoms with Gasteiger partial charge in [0.1, 0.15) is 0 Å². The average Bonchev–Trinajstić information content (AvgIpc) is 2.78. The summed E-state index contributed by atoms with van der Waals surface area (Å²) in [7, 11) is 4.06. The van der Waals surface area contributed by atoms with Crippen LogP contribution in [0.2, 0.25) is 5.15 Å². The summed E-state index contributed by atoms with van der Waals surface area (Å²) in [5, 5.41) is 7.79. The van der Waals surface area contributed by atoms with E-state index in [-0.39, 0.29) is 5.91 Å². The second kappa shape index (κ2) is 4.98. The normalized spacial score (nSPS) is 20.0. The number of likely N-dealkylation sites (N-methyl/N-ethyl adjacent to an activating group) is 1. The number of amides is 1. The quantitative estimate of drug-likeness (QED) is 0.787. The fourth-order valence-corrected chi connectivity index (χ4v) is 2.04. The molecule has 0 N–H and O–H groups in total. The minimum Gasteiger partial charge on any atom is -0.336 e. The Hall–Kier alpha value is -1.20. The Labute approximate surface area is 105 Å². The fraction of sp³-hybridized carbons (Fsp3) is 0.545. The van der Waals surface area contributed by atoms with Crippen LogP contribution in [-0.2, 0) is 0 Å². The van der Waals surface area contributed by atoms with Crippen LogP contribution in [0.1, 0.15) is 16.9 Å². The summed E-state index contributed by atoms with van der Waals surface area (Å²) in [6.45, 7) is 1.52. The van der Waals surface area contributed by atoms with E-state index in [0.29, 0.717) is 16.9 Å². The molecule has 1 saturated heterocycles. The number of nitrogens with zero attached hydrogens (tertiary/aromatic N) is 4. The third kappa shape index (κ3) is 2.73. The Morgan fingerprint density at radius 2 is 2.24 bits per heavy atom. The van der Waals surface area contributed by atoms with Crippen molar-refractivity contribution in [3.8, 4) is 0 Å². The summed E-state index contributed by atoms with van der Waals surface area (Å²) in [6.07, 6.45) is 1.000. The van der Waals surface area contributed by atoms with Crippen LogP contribution in [0.15, 0.2) is 12.1 Å². The predicted octanol–water partition coefficient (Wildman–Crippen LogP) is 0.906. The maximum Gasteiger partial charge on any atom is 0.274 e. The van der Waals surface area contributed by atoms with Gasteiger partial charge >= 0.3 is 0 Å². The van der Waals surface area contributed by atoms with Gasteiger partial charge in [-0.05, 0) is 32.6 Å². The SMILES string of the molecule is CN(C)C1CCN(C(=O)c2ccc(Cl)nn2)C1. The highest BCUT2D eigenvalue weighted by atomic mass is 35.5. The first-order valence-electron chi connectivity index (χ1n) is 5.53. The second-order valence-electron chi connectivity index (χ2n) is 4.40. The van der Waals surface area contributed by atoms with Gasteiger partial charge in [0.25, 0.3) is 5.91 Å². The van der Waals surface area contributed by atoms with Crippen molar-refractivity contribution in [2.45, 2.75) is 12.5 Å². The summed E-state index contributed by atoms with van der Waals surface area (Å²) >= 11 is 5.64. The zero-order chi connectivity index (χ0) is 12.4. The van der Waals surface area contributed by atoms with Crippen molar-refractivity contribution in [2.75, 3.05) is 27.2 Å². The lowest BCUT2D eigenvalue weighted by Crippen LogP contribution is -2.34. The van der Waals surface area contributed by atoms with E-state index in [2.05, 4.69) is 15.1 Å². The molecule has 1 aliphatic rings. The van der Waals surface area contributed by atoms with Gasteiger partial charge in [-0.1, -0.05) is 11.6 Å². The Bertz CT molecular complexity index is 406. The van der Waals surface area contributed by atoms with Crippen LogP contribution in [0.4, 0.5) is 0 Å². The van der Waals surface area contributed by atoms with Gasteiger partial charge in [-0.25, -0.2) is 0 Å². The van der Waals surface area contributed by atoms with Crippen LogP contribution in [0.3, 0.4) is 0 Å². The van der Waals surface area contributed by atoms with E-state index in [0.717, 1.165) is 19.5 Å². The van der Waals surface area contributed by atoms with Crippen LogP contribution in [-0.4, -0.2) is 59.1 Å². The van der Waals surface area contributed by atoms with E-state index in [1.54, 1.807) is 12.1 Å². The lowest BCUT2D eigenvalue weighted by Gasteiger charge is -2.20. The van der Waals surface area contributed by atoms with E-state index in [1.165, 1.54) is 0 Å². The lowest BCUT2D eigenvalue weighted by atomic mass is 10.2. The van der Waals surface area contributed by atoms with Crippen molar-refractivity contribution >= 4 is 17.5 Å². The first-order chi connectivity index (χ1) is 8.08. The molecule has 1 aromatic heterocycles. The van der Waals surface area contributed by atoms with E-state index in [4.69, 9.17) is 11.6 Å². The highest BCUT2D eigenvalue weighted by Crippen LogP contribution is 2.15. The molecule has 1 aliphatic heterocycles. The van der Waals surface area contributed by atoms with Gasteiger partial charge in [0.2, 0.25) is 0 Å². The van der Waals surface area contributed by atoms with Crippen molar-refractivity contribution in [3.05, 3.63) is 23.0 Å². The fourth-order valence-electron chi connectivity index (χ4n) is 1.94. The molecule has 2 rings (SSSR count). The van der Waals surface area contributed by atoms with Crippen LogP contribution in [0.5, 0.6) is 0 Å². The van der Waals surface area contributed by atoms with Crippen LogP contribution in [0, 0.1) is 0 Å².